The number of fused-ring (bicyclic) bond motifs is 1. The minimum atomic E-state index is -0.180. The Hall–Kier alpha value is -4.26. The summed E-state index contributed by atoms with van der Waals surface area (Å²) >= 11 is 0. The lowest BCUT2D eigenvalue weighted by Gasteiger charge is -2.35. The zero-order valence-corrected chi connectivity index (χ0v) is 21.1. The van der Waals surface area contributed by atoms with Crippen LogP contribution in [0.2, 0.25) is 0 Å². The number of anilines is 2. The van der Waals surface area contributed by atoms with Gasteiger partial charge in [-0.1, -0.05) is 38.1 Å². The van der Waals surface area contributed by atoms with Crippen molar-refractivity contribution in [2.75, 3.05) is 43.0 Å². The van der Waals surface area contributed by atoms with Crippen molar-refractivity contribution in [1.29, 1.82) is 0 Å². The molecule has 0 bridgehead atoms. The fourth-order valence-electron chi connectivity index (χ4n) is 4.36. The molecule has 4 aromatic rings. The van der Waals surface area contributed by atoms with E-state index in [0.717, 1.165) is 35.4 Å². The van der Waals surface area contributed by atoms with Gasteiger partial charge in [0.05, 0.1) is 6.61 Å². The number of carbonyl (C=O) groups excluding carboxylic acids is 2. The van der Waals surface area contributed by atoms with Crippen molar-refractivity contribution in [3.05, 3.63) is 90.2 Å². The lowest BCUT2D eigenvalue weighted by atomic mass is 10.2. The molecule has 190 valence electrons. The topological polar surface area (TPSA) is 75.0 Å². The van der Waals surface area contributed by atoms with Crippen molar-refractivity contribution < 1.29 is 18.7 Å². The molecule has 37 heavy (non-hydrogen) atoms. The first-order valence-corrected chi connectivity index (χ1v) is 12.6. The smallest absolute Gasteiger partial charge is 0.289 e. The first-order chi connectivity index (χ1) is 18.0. The lowest BCUT2D eigenvalue weighted by molar-refractivity contribution is 0.0717. The largest absolute Gasteiger partial charge is 0.493 e. The van der Waals surface area contributed by atoms with E-state index in [1.165, 1.54) is 0 Å². The quantitative estimate of drug-likeness (QED) is 0.355. The molecule has 0 spiro atoms. The number of hydrogen-bond acceptors (Lipinski definition) is 5. The number of rotatable bonds is 7. The van der Waals surface area contributed by atoms with E-state index in [-0.39, 0.29) is 11.8 Å². The SMILES string of the molecule is CC(C)COc1cccc(C(=O)Nc2ccc(N3CCN(C(=O)c4cc5ccccc5o4)CC3)cc2)c1. The number of carbonyl (C=O) groups is 2. The Morgan fingerprint density at radius 3 is 2.41 bits per heavy atom. The molecule has 1 N–H and O–H groups in total. The molecule has 7 heteroatoms. The molecule has 3 aromatic carbocycles. The third kappa shape index (κ3) is 5.77. The van der Waals surface area contributed by atoms with Crippen molar-refractivity contribution in [2.45, 2.75) is 13.8 Å². The van der Waals surface area contributed by atoms with Crippen molar-refractivity contribution in [1.82, 2.24) is 4.90 Å². The number of ether oxygens (including phenoxy) is 1. The minimum absolute atomic E-state index is 0.0763. The molecule has 1 fully saturated rings. The van der Waals surface area contributed by atoms with Gasteiger partial charge >= 0.3 is 0 Å². The van der Waals surface area contributed by atoms with Gasteiger partial charge < -0.3 is 24.3 Å². The van der Waals surface area contributed by atoms with Crippen LogP contribution in [0.1, 0.15) is 34.8 Å². The molecule has 1 aromatic heterocycles. The van der Waals surface area contributed by atoms with E-state index in [4.69, 9.17) is 9.15 Å². The number of hydrogen-bond donors (Lipinski definition) is 1. The number of nitrogens with zero attached hydrogens (tertiary/aromatic N) is 2. The van der Waals surface area contributed by atoms with Gasteiger partial charge in [0, 0.05) is 48.5 Å². The Bertz CT molecular complexity index is 1350. The Morgan fingerprint density at radius 2 is 1.68 bits per heavy atom. The number of para-hydroxylation sites is 1. The molecule has 0 saturated carbocycles. The normalized spacial score (nSPS) is 13.7. The molecule has 2 heterocycles. The van der Waals surface area contributed by atoms with Crippen LogP contribution in [-0.2, 0) is 0 Å². The van der Waals surface area contributed by atoms with Crippen molar-refractivity contribution in [3.63, 3.8) is 0 Å². The first-order valence-electron chi connectivity index (χ1n) is 12.6. The zero-order chi connectivity index (χ0) is 25.8. The third-order valence-electron chi connectivity index (χ3n) is 6.37. The van der Waals surface area contributed by atoms with E-state index in [1.807, 2.05) is 71.6 Å². The van der Waals surface area contributed by atoms with Gasteiger partial charge in [-0.15, -0.1) is 0 Å². The standard InChI is InChI=1S/C30H31N3O4/c1-21(2)20-36-26-8-5-7-23(18-26)29(34)31-24-10-12-25(13-11-24)32-14-16-33(17-15-32)30(35)28-19-22-6-3-4-9-27(22)37-28/h3-13,18-19,21H,14-17,20H2,1-2H3,(H,31,34). The van der Waals surface area contributed by atoms with Gasteiger partial charge in [0.1, 0.15) is 11.3 Å². The molecule has 7 nitrogen and oxygen atoms in total. The summed E-state index contributed by atoms with van der Waals surface area (Å²) in [4.78, 5) is 29.7. The van der Waals surface area contributed by atoms with Gasteiger partial charge in [-0.3, -0.25) is 9.59 Å². The highest BCUT2D eigenvalue weighted by molar-refractivity contribution is 6.04. The highest BCUT2D eigenvalue weighted by Gasteiger charge is 2.24. The van der Waals surface area contributed by atoms with Crippen molar-refractivity contribution >= 4 is 34.2 Å². The highest BCUT2D eigenvalue weighted by Crippen LogP contribution is 2.23. The van der Waals surface area contributed by atoms with Gasteiger partial charge in [0.2, 0.25) is 0 Å². The molecule has 0 aliphatic carbocycles. The second-order valence-electron chi connectivity index (χ2n) is 9.66. The first kappa shape index (κ1) is 24.4. The van der Waals surface area contributed by atoms with Crippen LogP contribution in [0, 0.1) is 5.92 Å². The molecule has 1 aliphatic heterocycles. The van der Waals surface area contributed by atoms with Gasteiger partial charge in [-0.25, -0.2) is 0 Å². The maximum atomic E-state index is 12.9. The minimum Gasteiger partial charge on any atom is -0.493 e. The highest BCUT2D eigenvalue weighted by atomic mass is 16.5. The molecule has 0 radical (unpaired) electrons. The molecule has 1 aliphatic rings. The fourth-order valence-corrected chi connectivity index (χ4v) is 4.36. The van der Waals surface area contributed by atoms with E-state index < -0.39 is 0 Å². The van der Waals surface area contributed by atoms with Gasteiger partial charge in [-0.05, 0) is 60.5 Å². The lowest BCUT2D eigenvalue weighted by Crippen LogP contribution is -2.48. The number of nitrogens with one attached hydrogen (secondary N) is 1. The van der Waals surface area contributed by atoms with E-state index >= 15 is 0 Å². The summed E-state index contributed by atoms with van der Waals surface area (Å²) in [6, 6.07) is 24.5. The Kier molecular flexibility index (Phi) is 7.12. The maximum absolute atomic E-state index is 12.9. The summed E-state index contributed by atoms with van der Waals surface area (Å²) < 4.78 is 11.5. The Labute approximate surface area is 216 Å². The zero-order valence-electron chi connectivity index (χ0n) is 21.1. The van der Waals surface area contributed by atoms with Crippen LogP contribution < -0.4 is 15.0 Å². The molecule has 2 amide bonds. The van der Waals surface area contributed by atoms with Gasteiger partial charge in [0.25, 0.3) is 11.8 Å². The third-order valence-corrected chi connectivity index (χ3v) is 6.37. The van der Waals surface area contributed by atoms with Crippen molar-refractivity contribution in [3.8, 4) is 5.75 Å². The van der Waals surface area contributed by atoms with Crippen LogP contribution in [0.4, 0.5) is 11.4 Å². The van der Waals surface area contributed by atoms with E-state index in [0.29, 0.717) is 42.7 Å². The number of piperazine rings is 1. The Morgan fingerprint density at radius 1 is 0.919 bits per heavy atom. The van der Waals surface area contributed by atoms with Gasteiger partial charge in [-0.2, -0.15) is 0 Å². The van der Waals surface area contributed by atoms with E-state index in [2.05, 4.69) is 24.1 Å². The molecular formula is C30H31N3O4. The van der Waals surface area contributed by atoms with Crippen LogP contribution in [0.15, 0.2) is 83.3 Å². The predicted octanol–water partition coefficient (Wildman–Crippen LogP) is 5.68. The molecule has 5 rings (SSSR count). The monoisotopic (exact) mass is 497 g/mol. The summed E-state index contributed by atoms with van der Waals surface area (Å²) in [6.07, 6.45) is 0. The summed E-state index contributed by atoms with van der Waals surface area (Å²) in [5.41, 5.74) is 3.05. The molecular weight excluding hydrogens is 466 g/mol. The average molecular weight is 498 g/mol. The van der Waals surface area contributed by atoms with Crippen molar-refractivity contribution in [2.24, 2.45) is 5.92 Å². The molecule has 0 unspecified atom stereocenters. The Balaban J connectivity index is 1.15. The number of amides is 2. The van der Waals surface area contributed by atoms with Crippen LogP contribution in [0.25, 0.3) is 11.0 Å². The second kappa shape index (κ2) is 10.8. The van der Waals surface area contributed by atoms with Gasteiger partial charge in [0.15, 0.2) is 5.76 Å². The summed E-state index contributed by atoms with van der Waals surface area (Å²) in [7, 11) is 0. The summed E-state index contributed by atoms with van der Waals surface area (Å²) in [5.74, 6) is 1.23. The van der Waals surface area contributed by atoms with Crippen LogP contribution in [0.5, 0.6) is 5.75 Å². The molecule has 1 saturated heterocycles. The maximum Gasteiger partial charge on any atom is 0.289 e. The van der Waals surface area contributed by atoms with Crippen LogP contribution in [0.3, 0.4) is 0 Å². The summed E-state index contributed by atoms with van der Waals surface area (Å²) in [5, 5.41) is 3.89. The second-order valence-corrected chi connectivity index (χ2v) is 9.66. The predicted molar refractivity (Wildman–Crippen MR) is 146 cm³/mol. The number of benzene rings is 3. The van der Waals surface area contributed by atoms with Crippen LogP contribution in [-0.4, -0.2) is 49.5 Å². The average Bonchev–Trinajstić information content (AvgIpc) is 3.37. The molecule has 0 atom stereocenters. The van der Waals surface area contributed by atoms with E-state index in [1.54, 1.807) is 12.1 Å². The van der Waals surface area contributed by atoms with E-state index in [9.17, 15) is 9.59 Å². The number of furan rings is 1. The summed E-state index contributed by atoms with van der Waals surface area (Å²) in [6.45, 7) is 7.45. The fraction of sp³-hybridized carbons (Fsp3) is 0.267. The van der Waals surface area contributed by atoms with Crippen LogP contribution >= 0.6 is 0 Å².